The zero-order valence-corrected chi connectivity index (χ0v) is 14.1. The van der Waals surface area contributed by atoms with Gasteiger partial charge in [-0.15, -0.1) is 11.3 Å². The van der Waals surface area contributed by atoms with Crippen molar-refractivity contribution in [1.82, 2.24) is 5.32 Å². The van der Waals surface area contributed by atoms with Crippen LogP contribution in [0, 0.1) is 0 Å². The molecular weight excluding hydrogens is 346 g/mol. The van der Waals surface area contributed by atoms with Crippen LogP contribution in [-0.2, 0) is 13.2 Å². The first kappa shape index (κ1) is 14.6. The maximum atomic E-state index is 6.04. The Labute approximate surface area is 136 Å². The predicted molar refractivity (Wildman–Crippen MR) is 93.1 cm³/mol. The van der Waals surface area contributed by atoms with Gasteiger partial charge in [-0.1, -0.05) is 34.1 Å². The lowest BCUT2D eigenvalue weighted by Crippen LogP contribution is -2.07. The summed E-state index contributed by atoms with van der Waals surface area (Å²) in [5.74, 6) is 0.933. The van der Waals surface area contributed by atoms with Gasteiger partial charge < -0.3 is 10.1 Å². The van der Waals surface area contributed by atoms with Gasteiger partial charge in [0.1, 0.15) is 12.4 Å². The zero-order valence-electron chi connectivity index (χ0n) is 11.7. The lowest BCUT2D eigenvalue weighted by atomic mass is 10.2. The Morgan fingerprint density at radius 3 is 2.86 bits per heavy atom. The standard InChI is InChI=1S/C17H16BrNOS/c1-19-9-12-8-14(18)6-7-16(12)20-10-13-11-21-17-5-3-2-4-15(13)17/h2-8,11,19H,9-10H2,1H3. The summed E-state index contributed by atoms with van der Waals surface area (Å²) in [6.45, 7) is 1.39. The first-order valence-corrected chi connectivity index (χ1v) is 8.46. The maximum Gasteiger partial charge on any atom is 0.124 e. The van der Waals surface area contributed by atoms with E-state index in [9.17, 15) is 0 Å². The van der Waals surface area contributed by atoms with Gasteiger partial charge in [0.05, 0.1) is 0 Å². The fourth-order valence-corrected chi connectivity index (χ4v) is 3.67. The molecule has 2 nitrogen and oxygen atoms in total. The predicted octanol–water partition coefficient (Wildman–Crippen LogP) is 4.96. The van der Waals surface area contributed by atoms with E-state index in [0.717, 1.165) is 22.3 Å². The molecule has 0 radical (unpaired) electrons. The molecule has 0 saturated carbocycles. The van der Waals surface area contributed by atoms with Gasteiger partial charge in [0.15, 0.2) is 0 Å². The van der Waals surface area contributed by atoms with Crippen molar-refractivity contribution in [1.29, 1.82) is 0 Å². The maximum absolute atomic E-state index is 6.04. The summed E-state index contributed by atoms with van der Waals surface area (Å²) < 4.78 is 8.42. The van der Waals surface area contributed by atoms with Crippen LogP contribution in [-0.4, -0.2) is 7.05 Å². The number of benzene rings is 2. The molecule has 0 amide bonds. The number of thiophene rings is 1. The molecule has 0 aliphatic carbocycles. The Morgan fingerprint density at radius 2 is 2.00 bits per heavy atom. The number of ether oxygens (including phenoxy) is 1. The summed E-state index contributed by atoms with van der Waals surface area (Å²) in [6, 6.07) is 14.6. The Balaban J connectivity index is 1.81. The molecule has 2 aromatic carbocycles. The van der Waals surface area contributed by atoms with E-state index in [1.165, 1.54) is 15.6 Å². The fraction of sp³-hybridized carbons (Fsp3) is 0.176. The smallest absolute Gasteiger partial charge is 0.124 e. The number of hydrogen-bond acceptors (Lipinski definition) is 3. The quantitative estimate of drug-likeness (QED) is 0.693. The van der Waals surface area contributed by atoms with Gasteiger partial charge in [-0.25, -0.2) is 0 Å². The summed E-state index contributed by atoms with van der Waals surface area (Å²) >= 11 is 5.27. The summed E-state index contributed by atoms with van der Waals surface area (Å²) in [4.78, 5) is 0. The Bertz CT molecular complexity index is 753. The van der Waals surface area contributed by atoms with Gasteiger partial charge in [-0.05, 0) is 42.1 Å². The molecule has 1 N–H and O–H groups in total. The topological polar surface area (TPSA) is 21.3 Å². The SMILES string of the molecule is CNCc1cc(Br)ccc1OCc1csc2ccccc12. The van der Waals surface area contributed by atoms with Crippen LogP contribution in [0.1, 0.15) is 11.1 Å². The highest BCUT2D eigenvalue weighted by Gasteiger charge is 2.07. The molecule has 3 rings (SSSR count). The average Bonchev–Trinajstić information content (AvgIpc) is 2.90. The van der Waals surface area contributed by atoms with Crippen molar-refractivity contribution in [2.45, 2.75) is 13.2 Å². The second-order valence-corrected chi connectivity index (χ2v) is 6.66. The van der Waals surface area contributed by atoms with Crippen LogP contribution in [0.15, 0.2) is 52.3 Å². The van der Waals surface area contributed by atoms with Crippen LogP contribution in [0.25, 0.3) is 10.1 Å². The molecule has 0 unspecified atom stereocenters. The zero-order chi connectivity index (χ0) is 14.7. The second-order valence-electron chi connectivity index (χ2n) is 4.83. The minimum Gasteiger partial charge on any atom is -0.489 e. The number of halogens is 1. The Hall–Kier alpha value is -1.36. The lowest BCUT2D eigenvalue weighted by Gasteiger charge is -2.11. The molecule has 0 spiro atoms. The second kappa shape index (κ2) is 6.60. The number of fused-ring (bicyclic) bond motifs is 1. The van der Waals surface area contributed by atoms with E-state index in [1.807, 2.05) is 19.2 Å². The van der Waals surface area contributed by atoms with Crippen LogP contribution < -0.4 is 10.1 Å². The van der Waals surface area contributed by atoms with Crippen LogP contribution in [0.5, 0.6) is 5.75 Å². The van der Waals surface area contributed by atoms with Gasteiger partial charge in [-0.2, -0.15) is 0 Å². The molecule has 0 aliphatic heterocycles. The number of hydrogen-bond donors (Lipinski definition) is 1. The van der Waals surface area contributed by atoms with Crippen molar-refractivity contribution in [3.8, 4) is 5.75 Å². The molecule has 4 heteroatoms. The van der Waals surface area contributed by atoms with E-state index in [2.05, 4.69) is 57.0 Å². The average molecular weight is 362 g/mol. The molecule has 1 aromatic heterocycles. The van der Waals surface area contributed by atoms with E-state index < -0.39 is 0 Å². The van der Waals surface area contributed by atoms with Crippen molar-refractivity contribution >= 4 is 37.4 Å². The summed E-state index contributed by atoms with van der Waals surface area (Å²) in [5.41, 5.74) is 2.40. The first-order chi connectivity index (χ1) is 10.3. The largest absolute Gasteiger partial charge is 0.489 e. The van der Waals surface area contributed by atoms with Crippen molar-refractivity contribution < 1.29 is 4.74 Å². The van der Waals surface area contributed by atoms with Crippen LogP contribution in [0.4, 0.5) is 0 Å². The van der Waals surface area contributed by atoms with E-state index in [1.54, 1.807) is 11.3 Å². The summed E-state index contributed by atoms with van der Waals surface area (Å²) in [7, 11) is 1.94. The highest BCUT2D eigenvalue weighted by Crippen LogP contribution is 2.28. The third kappa shape index (κ3) is 3.28. The Morgan fingerprint density at radius 1 is 1.14 bits per heavy atom. The molecule has 0 saturated heterocycles. The van der Waals surface area contributed by atoms with E-state index in [0.29, 0.717) is 6.61 Å². The molecule has 0 bridgehead atoms. The highest BCUT2D eigenvalue weighted by atomic mass is 79.9. The normalized spacial score (nSPS) is 11.0. The van der Waals surface area contributed by atoms with Crippen LogP contribution >= 0.6 is 27.3 Å². The van der Waals surface area contributed by atoms with Crippen molar-refractivity contribution in [2.24, 2.45) is 0 Å². The van der Waals surface area contributed by atoms with Gasteiger partial charge in [-0.3, -0.25) is 0 Å². The van der Waals surface area contributed by atoms with E-state index in [4.69, 9.17) is 4.74 Å². The van der Waals surface area contributed by atoms with E-state index >= 15 is 0 Å². The van der Waals surface area contributed by atoms with Crippen molar-refractivity contribution in [2.75, 3.05) is 7.05 Å². The molecule has 0 atom stereocenters. The molecule has 0 aliphatic rings. The third-order valence-electron chi connectivity index (χ3n) is 3.33. The van der Waals surface area contributed by atoms with Crippen molar-refractivity contribution in [3.05, 3.63) is 63.4 Å². The fourth-order valence-electron chi connectivity index (χ4n) is 2.32. The third-order valence-corrected chi connectivity index (χ3v) is 4.84. The molecular formula is C17H16BrNOS. The number of rotatable bonds is 5. The van der Waals surface area contributed by atoms with Crippen molar-refractivity contribution in [3.63, 3.8) is 0 Å². The molecule has 0 fully saturated rings. The minimum atomic E-state index is 0.600. The molecule has 108 valence electrons. The minimum absolute atomic E-state index is 0.600. The lowest BCUT2D eigenvalue weighted by molar-refractivity contribution is 0.304. The Kier molecular flexibility index (Phi) is 4.58. The van der Waals surface area contributed by atoms with Crippen LogP contribution in [0.3, 0.4) is 0 Å². The molecule has 21 heavy (non-hydrogen) atoms. The first-order valence-electron chi connectivity index (χ1n) is 6.79. The van der Waals surface area contributed by atoms with Gasteiger partial charge in [0.2, 0.25) is 0 Å². The van der Waals surface area contributed by atoms with E-state index in [-0.39, 0.29) is 0 Å². The van der Waals surface area contributed by atoms with Crippen LogP contribution in [0.2, 0.25) is 0 Å². The van der Waals surface area contributed by atoms with Gasteiger partial charge in [0, 0.05) is 26.8 Å². The monoisotopic (exact) mass is 361 g/mol. The summed E-state index contributed by atoms with van der Waals surface area (Å²) in [6.07, 6.45) is 0. The van der Waals surface area contributed by atoms with Gasteiger partial charge in [0.25, 0.3) is 0 Å². The molecule has 3 aromatic rings. The van der Waals surface area contributed by atoms with Gasteiger partial charge >= 0.3 is 0 Å². The summed E-state index contributed by atoms with van der Waals surface area (Å²) in [5, 5.41) is 6.64. The highest BCUT2D eigenvalue weighted by molar-refractivity contribution is 9.10. The number of nitrogens with one attached hydrogen (secondary N) is 1. The molecule has 1 heterocycles.